The fourth-order valence-electron chi connectivity index (χ4n) is 2.20. The standard InChI is InChI=1S/C14H18F2N2O/c1-8(14-10(15)3-2-4-11(14)16)18-13(19)7-12(17)9-5-6-9/h2-4,8-9,12H,5-7,17H2,1H3,(H,18,19). The van der Waals surface area contributed by atoms with Gasteiger partial charge in [0.1, 0.15) is 11.6 Å². The lowest BCUT2D eigenvalue weighted by atomic mass is 10.1. The number of halogens is 2. The van der Waals surface area contributed by atoms with E-state index in [2.05, 4.69) is 5.32 Å². The number of amides is 1. The minimum absolute atomic E-state index is 0.115. The number of carbonyl (C=O) groups is 1. The van der Waals surface area contributed by atoms with Crippen molar-refractivity contribution < 1.29 is 13.6 Å². The Hall–Kier alpha value is -1.49. The number of rotatable bonds is 5. The predicted octanol–water partition coefficient (Wildman–Crippen LogP) is 2.27. The largest absolute Gasteiger partial charge is 0.349 e. The first kappa shape index (κ1) is 13.9. The van der Waals surface area contributed by atoms with Crippen LogP contribution in [0.15, 0.2) is 18.2 Å². The molecule has 1 aliphatic carbocycles. The predicted molar refractivity (Wildman–Crippen MR) is 68.2 cm³/mol. The average Bonchev–Trinajstić information content (AvgIpc) is 3.11. The Balaban J connectivity index is 1.96. The molecular formula is C14H18F2N2O. The molecule has 0 spiro atoms. The van der Waals surface area contributed by atoms with Gasteiger partial charge in [-0.25, -0.2) is 8.78 Å². The minimum atomic E-state index is -0.708. The van der Waals surface area contributed by atoms with Crippen LogP contribution in [-0.4, -0.2) is 11.9 Å². The van der Waals surface area contributed by atoms with Crippen molar-refractivity contribution in [3.8, 4) is 0 Å². The summed E-state index contributed by atoms with van der Waals surface area (Å²) in [4.78, 5) is 11.8. The molecule has 0 bridgehead atoms. The van der Waals surface area contributed by atoms with Gasteiger partial charge in [0.25, 0.3) is 0 Å². The number of hydrogen-bond acceptors (Lipinski definition) is 2. The van der Waals surface area contributed by atoms with Gasteiger partial charge in [0.15, 0.2) is 0 Å². The van der Waals surface area contributed by atoms with Crippen LogP contribution in [0.2, 0.25) is 0 Å². The smallest absolute Gasteiger partial charge is 0.222 e. The maximum atomic E-state index is 13.5. The van der Waals surface area contributed by atoms with E-state index >= 15 is 0 Å². The van der Waals surface area contributed by atoms with E-state index in [9.17, 15) is 13.6 Å². The fourth-order valence-corrected chi connectivity index (χ4v) is 2.20. The van der Waals surface area contributed by atoms with E-state index in [0.29, 0.717) is 5.92 Å². The Labute approximate surface area is 111 Å². The summed E-state index contributed by atoms with van der Waals surface area (Å²) < 4.78 is 27.1. The van der Waals surface area contributed by atoms with E-state index in [1.807, 2.05) is 0 Å². The summed E-state index contributed by atoms with van der Waals surface area (Å²) in [6.07, 6.45) is 2.32. The Morgan fingerprint density at radius 3 is 2.53 bits per heavy atom. The maximum Gasteiger partial charge on any atom is 0.222 e. The Kier molecular flexibility index (Phi) is 4.14. The van der Waals surface area contributed by atoms with Crippen molar-refractivity contribution in [2.24, 2.45) is 11.7 Å². The van der Waals surface area contributed by atoms with E-state index in [-0.39, 0.29) is 23.9 Å². The molecule has 104 valence electrons. The zero-order valence-corrected chi connectivity index (χ0v) is 10.8. The van der Waals surface area contributed by atoms with Crippen molar-refractivity contribution >= 4 is 5.91 Å². The van der Waals surface area contributed by atoms with Crippen molar-refractivity contribution in [1.82, 2.24) is 5.32 Å². The zero-order chi connectivity index (χ0) is 14.0. The normalized spacial score (nSPS) is 17.9. The van der Waals surface area contributed by atoms with Gasteiger partial charge in [0, 0.05) is 18.0 Å². The van der Waals surface area contributed by atoms with Gasteiger partial charge >= 0.3 is 0 Å². The molecule has 1 aliphatic rings. The summed E-state index contributed by atoms with van der Waals surface area (Å²) in [5.74, 6) is -1.15. The number of hydrogen-bond donors (Lipinski definition) is 2. The molecule has 2 unspecified atom stereocenters. The Bertz CT molecular complexity index is 454. The van der Waals surface area contributed by atoms with Crippen molar-refractivity contribution in [2.45, 2.75) is 38.3 Å². The van der Waals surface area contributed by atoms with Crippen LogP contribution in [0.1, 0.15) is 37.8 Å². The van der Waals surface area contributed by atoms with Crippen molar-refractivity contribution in [3.63, 3.8) is 0 Å². The van der Waals surface area contributed by atoms with Gasteiger partial charge in [-0.05, 0) is 37.8 Å². The van der Waals surface area contributed by atoms with Crippen LogP contribution in [0, 0.1) is 17.6 Å². The first-order valence-corrected chi connectivity index (χ1v) is 6.48. The maximum absolute atomic E-state index is 13.5. The van der Waals surface area contributed by atoms with Gasteiger partial charge in [-0.1, -0.05) is 6.07 Å². The van der Waals surface area contributed by atoms with Crippen LogP contribution in [0.3, 0.4) is 0 Å². The molecule has 3 N–H and O–H groups in total. The average molecular weight is 268 g/mol. The van der Waals surface area contributed by atoms with Crippen molar-refractivity contribution in [3.05, 3.63) is 35.4 Å². The molecule has 1 saturated carbocycles. The molecule has 1 aromatic carbocycles. The monoisotopic (exact) mass is 268 g/mol. The molecule has 0 heterocycles. The molecule has 0 saturated heterocycles. The molecule has 19 heavy (non-hydrogen) atoms. The molecule has 1 amide bonds. The van der Waals surface area contributed by atoms with Crippen LogP contribution >= 0.6 is 0 Å². The van der Waals surface area contributed by atoms with Gasteiger partial charge in [-0.2, -0.15) is 0 Å². The SMILES string of the molecule is CC(NC(=O)CC(N)C1CC1)c1c(F)cccc1F. The summed E-state index contributed by atoms with van der Waals surface area (Å²) in [6.45, 7) is 1.56. The van der Waals surface area contributed by atoms with E-state index in [1.54, 1.807) is 6.92 Å². The molecule has 0 radical (unpaired) electrons. The molecule has 0 aliphatic heterocycles. The third-order valence-electron chi connectivity index (χ3n) is 3.46. The zero-order valence-electron chi connectivity index (χ0n) is 10.8. The summed E-state index contributed by atoms with van der Waals surface area (Å²) in [6, 6.07) is 2.79. The highest BCUT2D eigenvalue weighted by atomic mass is 19.1. The van der Waals surface area contributed by atoms with E-state index < -0.39 is 17.7 Å². The van der Waals surface area contributed by atoms with Gasteiger partial charge in [-0.15, -0.1) is 0 Å². The molecule has 0 aromatic heterocycles. The third-order valence-corrected chi connectivity index (χ3v) is 3.46. The van der Waals surface area contributed by atoms with Gasteiger partial charge in [0.05, 0.1) is 6.04 Å². The lowest BCUT2D eigenvalue weighted by Gasteiger charge is -2.17. The topological polar surface area (TPSA) is 55.1 Å². The quantitative estimate of drug-likeness (QED) is 0.860. The lowest BCUT2D eigenvalue weighted by molar-refractivity contribution is -0.122. The second-order valence-corrected chi connectivity index (χ2v) is 5.13. The van der Waals surface area contributed by atoms with Crippen LogP contribution in [0.5, 0.6) is 0 Å². The van der Waals surface area contributed by atoms with Crippen LogP contribution in [0.4, 0.5) is 8.78 Å². The molecular weight excluding hydrogens is 250 g/mol. The summed E-state index contributed by atoms with van der Waals surface area (Å²) in [5.41, 5.74) is 5.73. The number of nitrogens with one attached hydrogen (secondary N) is 1. The van der Waals surface area contributed by atoms with Gasteiger partial charge in [0.2, 0.25) is 5.91 Å². The number of nitrogens with two attached hydrogens (primary N) is 1. The molecule has 1 aromatic rings. The van der Waals surface area contributed by atoms with Crippen molar-refractivity contribution in [1.29, 1.82) is 0 Å². The third kappa shape index (κ3) is 3.50. The molecule has 2 rings (SSSR count). The van der Waals surface area contributed by atoms with Crippen molar-refractivity contribution in [2.75, 3.05) is 0 Å². The Morgan fingerprint density at radius 1 is 1.42 bits per heavy atom. The fraction of sp³-hybridized carbons (Fsp3) is 0.500. The highest BCUT2D eigenvalue weighted by Crippen LogP contribution is 2.32. The second kappa shape index (κ2) is 5.65. The molecule has 1 fully saturated rings. The van der Waals surface area contributed by atoms with Gasteiger partial charge < -0.3 is 11.1 Å². The highest BCUT2D eigenvalue weighted by Gasteiger charge is 2.30. The van der Waals surface area contributed by atoms with Crippen LogP contribution in [0.25, 0.3) is 0 Å². The lowest BCUT2D eigenvalue weighted by Crippen LogP contribution is -2.34. The van der Waals surface area contributed by atoms with Crippen LogP contribution in [-0.2, 0) is 4.79 Å². The minimum Gasteiger partial charge on any atom is -0.349 e. The van der Waals surface area contributed by atoms with E-state index in [4.69, 9.17) is 5.73 Å². The first-order valence-electron chi connectivity index (χ1n) is 6.48. The van der Waals surface area contributed by atoms with Crippen LogP contribution < -0.4 is 11.1 Å². The number of carbonyl (C=O) groups excluding carboxylic acids is 1. The molecule has 3 nitrogen and oxygen atoms in total. The first-order chi connectivity index (χ1) is 8.99. The van der Waals surface area contributed by atoms with E-state index in [1.165, 1.54) is 18.2 Å². The molecule has 2 atom stereocenters. The Morgan fingerprint density at radius 2 is 2.00 bits per heavy atom. The summed E-state index contributed by atoms with van der Waals surface area (Å²) in [7, 11) is 0. The highest BCUT2D eigenvalue weighted by molar-refractivity contribution is 5.77. The van der Waals surface area contributed by atoms with Gasteiger partial charge in [-0.3, -0.25) is 4.79 Å². The second-order valence-electron chi connectivity index (χ2n) is 5.13. The summed E-state index contributed by atoms with van der Waals surface area (Å²) >= 11 is 0. The molecule has 5 heteroatoms. The van der Waals surface area contributed by atoms with E-state index in [0.717, 1.165) is 12.8 Å². The number of benzene rings is 1. The summed E-state index contributed by atoms with van der Waals surface area (Å²) in [5, 5.41) is 2.59.